The van der Waals surface area contributed by atoms with Gasteiger partial charge in [-0.25, -0.2) is 0 Å². The highest BCUT2D eigenvalue weighted by atomic mass is 32.2. The maximum Gasteiger partial charge on any atom is 0.263 e. The zero-order chi connectivity index (χ0) is 18.2. The monoisotopic (exact) mass is 377 g/mol. The number of pyridine rings is 1. The number of benzene rings is 1. The molecule has 1 fully saturated rings. The summed E-state index contributed by atoms with van der Waals surface area (Å²) in [5.74, 6) is 1.35. The lowest BCUT2D eigenvalue weighted by Crippen LogP contribution is -2.26. The van der Waals surface area contributed by atoms with E-state index in [2.05, 4.69) is 15.2 Å². The van der Waals surface area contributed by atoms with Crippen molar-refractivity contribution >= 4 is 28.4 Å². The van der Waals surface area contributed by atoms with Crippen LogP contribution >= 0.6 is 11.8 Å². The van der Waals surface area contributed by atoms with Crippen LogP contribution in [0.3, 0.4) is 0 Å². The molecule has 1 aliphatic carbocycles. The van der Waals surface area contributed by atoms with Crippen LogP contribution in [0.5, 0.6) is 0 Å². The quantitative estimate of drug-likeness (QED) is 0.506. The lowest BCUT2D eigenvalue weighted by atomic mass is 10.2. The van der Waals surface area contributed by atoms with Gasteiger partial charge in [-0.1, -0.05) is 42.8 Å². The van der Waals surface area contributed by atoms with E-state index < -0.39 is 0 Å². The second-order valence-electron chi connectivity index (χ2n) is 6.86. The molecule has 1 aliphatic rings. The Morgan fingerprint density at radius 3 is 2.67 bits per heavy atom. The molecule has 1 aromatic carbocycles. The Morgan fingerprint density at radius 2 is 1.85 bits per heavy atom. The van der Waals surface area contributed by atoms with Crippen molar-refractivity contribution < 1.29 is 0 Å². The molecular formula is C20H19N5OS. The molecule has 0 amide bonds. The van der Waals surface area contributed by atoms with E-state index in [9.17, 15) is 4.79 Å². The number of nitrogens with zero attached hydrogens (tertiary/aromatic N) is 5. The number of thioether (sulfide) groups is 1. The molecule has 0 aliphatic heterocycles. The number of rotatable bonds is 4. The summed E-state index contributed by atoms with van der Waals surface area (Å²) in [6.45, 7) is 0. The zero-order valence-corrected chi connectivity index (χ0v) is 15.6. The van der Waals surface area contributed by atoms with E-state index >= 15 is 0 Å². The van der Waals surface area contributed by atoms with Gasteiger partial charge in [-0.2, -0.15) is 0 Å². The molecule has 5 rings (SSSR count). The molecular weight excluding hydrogens is 358 g/mol. The van der Waals surface area contributed by atoms with E-state index in [0.717, 1.165) is 47.4 Å². The Labute approximate surface area is 160 Å². The van der Waals surface area contributed by atoms with Gasteiger partial charge in [-0.05, 0) is 37.1 Å². The number of hydrogen-bond acceptors (Lipinski definition) is 5. The molecule has 0 spiro atoms. The minimum atomic E-state index is 0.0404. The van der Waals surface area contributed by atoms with Crippen molar-refractivity contribution in [3.8, 4) is 0 Å². The number of para-hydroxylation sites is 1. The van der Waals surface area contributed by atoms with Gasteiger partial charge in [0.2, 0.25) is 5.78 Å². The molecule has 0 atom stereocenters. The fourth-order valence-electron chi connectivity index (χ4n) is 3.91. The summed E-state index contributed by atoms with van der Waals surface area (Å²) in [6, 6.07) is 13.8. The summed E-state index contributed by atoms with van der Waals surface area (Å²) in [5, 5.41) is 10.4. The average Bonchev–Trinajstić information content (AvgIpc) is 3.38. The molecule has 7 heteroatoms. The van der Waals surface area contributed by atoms with Gasteiger partial charge in [0, 0.05) is 18.0 Å². The second-order valence-corrected chi connectivity index (χ2v) is 7.80. The molecule has 1 saturated carbocycles. The number of fused-ring (bicyclic) bond motifs is 3. The lowest BCUT2D eigenvalue weighted by molar-refractivity contribution is 0.511. The van der Waals surface area contributed by atoms with Crippen LogP contribution in [-0.2, 0) is 5.75 Å². The molecule has 136 valence electrons. The van der Waals surface area contributed by atoms with Gasteiger partial charge in [0.25, 0.3) is 5.56 Å². The Hall–Kier alpha value is -2.67. The van der Waals surface area contributed by atoms with Gasteiger partial charge in [0.15, 0.2) is 5.16 Å². The fraction of sp³-hybridized carbons (Fsp3) is 0.300. The minimum absolute atomic E-state index is 0.0404. The summed E-state index contributed by atoms with van der Waals surface area (Å²) in [7, 11) is 0. The van der Waals surface area contributed by atoms with Crippen molar-refractivity contribution in [2.24, 2.45) is 0 Å². The molecule has 0 saturated heterocycles. The lowest BCUT2D eigenvalue weighted by Gasteiger charge is -2.16. The Bertz CT molecular complexity index is 1160. The van der Waals surface area contributed by atoms with Gasteiger partial charge in [-0.15, -0.1) is 10.2 Å². The van der Waals surface area contributed by atoms with Crippen LogP contribution < -0.4 is 5.56 Å². The molecule has 6 nitrogen and oxygen atoms in total. The van der Waals surface area contributed by atoms with E-state index in [4.69, 9.17) is 0 Å². The van der Waals surface area contributed by atoms with E-state index in [1.54, 1.807) is 18.0 Å². The topological polar surface area (TPSA) is 65.1 Å². The van der Waals surface area contributed by atoms with Crippen LogP contribution in [0.2, 0.25) is 0 Å². The van der Waals surface area contributed by atoms with Gasteiger partial charge in [0.1, 0.15) is 0 Å². The Morgan fingerprint density at radius 1 is 1.04 bits per heavy atom. The third-order valence-electron chi connectivity index (χ3n) is 5.19. The maximum atomic E-state index is 13.2. The predicted molar refractivity (Wildman–Crippen MR) is 106 cm³/mol. The SMILES string of the molecule is O=c1c2ccccc2n2c(SCc3ccccn3)nnc2n1C1CCCC1. The van der Waals surface area contributed by atoms with E-state index in [-0.39, 0.29) is 11.6 Å². The maximum absolute atomic E-state index is 13.2. The number of hydrogen-bond donors (Lipinski definition) is 0. The van der Waals surface area contributed by atoms with E-state index in [1.165, 1.54) is 0 Å². The highest BCUT2D eigenvalue weighted by Crippen LogP contribution is 2.31. The van der Waals surface area contributed by atoms with Gasteiger partial charge in [0.05, 0.1) is 16.6 Å². The molecule has 0 unspecified atom stereocenters. The molecule has 0 radical (unpaired) electrons. The van der Waals surface area contributed by atoms with Gasteiger partial charge < -0.3 is 0 Å². The van der Waals surface area contributed by atoms with Crippen LogP contribution in [0.4, 0.5) is 0 Å². The molecule has 0 bridgehead atoms. The molecule has 0 N–H and O–H groups in total. The molecule has 4 aromatic rings. The van der Waals surface area contributed by atoms with Gasteiger partial charge in [-0.3, -0.25) is 18.7 Å². The fourth-order valence-corrected chi connectivity index (χ4v) is 4.76. The van der Waals surface area contributed by atoms with Crippen LogP contribution in [0.15, 0.2) is 58.6 Å². The average molecular weight is 377 g/mol. The van der Waals surface area contributed by atoms with Crippen molar-refractivity contribution in [3.05, 3.63) is 64.7 Å². The van der Waals surface area contributed by atoms with Crippen LogP contribution in [0.25, 0.3) is 16.7 Å². The Kier molecular flexibility index (Phi) is 4.16. The third kappa shape index (κ3) is 2.82. The van der Waals surface area contributed by atoms with Gasteiger partial charge >= 0.3 is 0 Å². The minimum Gasteiger partial charge on any atom is -0.273 e. The van der Waals surface area contributed by atoms with Crippen LogP contribution in [0.1, 0.15) is 37.4 Å². The first-order valence-corrected chi connectivity index (χ1v) is 10.2. The van der Waals surface area contributed by atoms with Crippen molar-refractivity contribution in [2.45, 2.75) is 42.6 Å². The Balaban J connectivity index is 1.68. The summed E-state index contributed by atoms with van der Waals surface area (Å²) in [5.41, 5.74) is 1.90. The molecule has 3 heterocycles. The van der Waals surface area contributed by atoms with E-state index in [1.807, 2.05) is 51.4 Å². The zero-order valence-electron chi connectivity index (χ0n) is 14.8. The highest BCUT2D eigenvalue weighted by molar-refractivity contribution is 7.98. The van der Waals surface area contributed by atoms with E-state index in [0.29, 0.717) is 11.5 Å². The first-order chi connectivity index (χ1) is 13.3. The van der Waals surface area contributed by atoms with Crippen LogP contribution in [0, 0.1) is 0 Å². The first-order valence-electron chi connectivity index (χ1n) is 9.24. The van der Waals surface area contributed by atoms with Crippen molar-refractivity contribution in [1.82, 2.24) is 24.1 Å². The summed E-state index contributed by atoms with van der Waals surface area (Å²) in [4.78, 5) is 17.6. The summed E-state index contributed by atoms with van der Waals surface area (Å²) < 4.78 is 3.90. The normalized spacial score (nSPS) is 15.1. The van der Waals surface area contributed by atoms with Crippen molar-refractivity contribution in [3.63, 3.8) is 0 Å². The smallest absolute Gasteiger partial charge is 0.263 e. The first kappa shape index (κ1) is 16.5. The number of aromatic nitrogens is 5. The van der Waals surface area contributed by atoms with Crippen molar-refractivity contribution in [1.29, 1.82) is 0 Å². The standard InChI is InChI=1S/C20H19N5OS/c26-18-16-10-3-4-11-17(16)25-19(24(18)15-8-1-2-9-15)22-23-20(25)27-13-14-7-5-6-12-21-14/h3-7,10-12,15H,1-2,8-9,13H2. The highest BCUT2D eigenvalue weighted by Gasteiger charge is 2.24. The molecule has 27 heavy (non-hydrogen) atoms. The van der Waals surface area contributed by atoms with Crippen LogP contribution in [-0.4, -0.2) is 24.1 Å². The second kappa shape index (κ2) is 6.81. The largest absolute Gasteiger partial charge is 0.273 e. The predicted octanol–water partition coefficient (Wildman–Crippen LogP) is 3.85. The van der Waals surface area contributed by atoms with Crippen molar-refractivity contribution in [2.75, 3.05) is 0 Å². The molecule has 3 aromatic heterocycles. The summed E-state index contributed by atoms with van der Waals surface area (Å²) in [6.07, 6.45) is 6.16. The third-order valence-corrected chi connectivity index (χ3v) is 6.15. The summed E-state index contributed by atoms with van der Waals surface area (Å²) >= 11 is 1.59.